The molecule has 1 amide bonds. The van der Waals surface area contributed by atoms with Crippen LogP contribution in [-0.4, -0.2) is 29.9 Å². The predicted octanol–water partition coefficient (Wildman–Crippen LogP) is 1.62. The Bertz CT molecular complexity index is 176. The Labute approximate surface area is 87.6 Å². The molecule has 14 heavy (non-hydrogen) atoms. The maximum absolute atomic E-state index is 11.8. The first kappa shape index (κ1) is 13.4. The third-order valence-corrected chi connectivity index (χ3v) is 2.84. The van der Waals surface area contributed by atoms with E-state index in [1.54, 1.807) is 4.90 Å². The maximum atomic E-state index is 11.8. The van der Waals surface area contributed by atoms with Crippen LogP contribution in [-0.2, 0) is 4.79 Å². The van der Waals surface area contributed by atoms with Gasteiger partial charge in [0.15, 0.2) is 0 Å². The first-order valence-electron chi connectivity index (χ1n) is 5.47. The summed E-state index contributed by atoms with van der Waals surface area (Å²) in [6, 6.07) is -0.0344. The fraction of sp³-hybridized carbons (Fsp3) is 0.909. The van der Waals surface area contributed by atoms with Gasteiger partial charge in [0.1, 0.15) is 0 Å². The third-order valence-electron chi connectivity index (χ3n) is 2.84. The summed E-state index contributed by atoms with van der Waals surface area (Å²) in [5.74, 6) is 0.271. The minimum Gasteiger partial charge on any atom is -0.341 e. The molecule has 0 aliphatic carbocycles. The highest BCUT2D eigenvalue weighted by atomic mass is 16.2. The van der Waals surface area contributed by atoms with Crippen LogP contribution in [0, 0.1) is 5.92 Å². The number of carbonyl (C=O) groups is 1. The molecule has 0 aliphatic rings. The highest BCUT2D eigenvalue weighted by Gasteiger charge is 2.24. The normalized spacial score (nSPS) is 13.4. The van der Waals surface area contributed by atoms with Gasteiger partial charge in [-0.15, -0.1) is 0 Å². The fourth-order valence-electron chi connectivity index (χ4n) is 1.54. The Balaban J connectivity index is 4.36. The van der Waals surface area contributed by atoms with Crippen LogP contribution in [0.15, 0.2) is 0 Å². The molecule has 0 aromatic rings. The number of hydrogen-bond donors (Lipinski definition) is 1. The highest BCUT2D eigenvalue weighted by Crippen LogP contribution is 2.10. The third kappa shape index (κ3) is 3.29. The minimum atomic E-state index is -0.361. The zero-order chi connectivity index (χ0) is 11.3. The van der Waals surface area contributed by atoms with E-state index in [0.717, 1.165) is 12.8 Å². The number of carbonyl (C=O) groups excluding carboxylic acids is 1. The van der Waals surface area contributed by atoms with Crippen LogP contribution in [0.1, 0.15) is 40.5 Å². The van der Waals surface area contributed by atoms with Gasteiger partial charge in [0.05, 0.1) is 6.04 Å². The standard InChI is InChI=1S/C11H24N2O/c1-6-9(7-2)13(5)11(14)10(12)8(3)4/h8-10H,6-7,12H2,1-5H3/t10-/m0/s1. The fourth-order valence-corrected chi connectivity index (χ4v) is 1.54. The molecule has 0 radical (unpaired) electrons. The van der Waals surface area contributed by atoms with E-state index in [2.05, 4.69) is 13.8 Å². The second-order valence-electron chi connectivity index (χ2n) is 4.19. The van der Waals surface area contributed by atoms with Gasteiger partial charge in [-0.25, -0.2) is 0 Å². The Morgan fingerprint density at radius 1 is 1.29 bits per heavy atom. The SMILES string of the molecule is CCC(CC)N(C)C(=O)[C@@H](N)C(C)C. The summed E-state index contributed by atoms with van der Waals surface area (Å²) in [6.45, 7) is 8.14. The number of hydrogen-bond acceptors (Lipinski definition) is 2. The molecular weight excluding hydrogens is 176 g/mol. The first-order chi connectivity index (χ1) is 6.45. The number of amides is 1. The lowest BCUT2D eigenvalue weighted by molar-refractivity contribution is -0.134. The lowest BCUT2D eigenvalue weighted by Crippen LogP contribution is -2.48. The molecule has 0 aliphatic heterocycles. The number of nitrogens with zero attached hydrogens (tertiary/aromatic N) is 1. The molecule has 0 aromatic carbocycles. The van der Waals surface area contributed by atoms with Crippen LogP contribution < -0.4 is 5.73 Å². The monoisotopic (exact) mass is 200 g/mol. The van der Waals surface area contributed by atoms with Crippen LogP contribution in [0.5, 0.6) is 0 Å². The molecule has 0 aromatic heterocycles. The van der Waals surface area contributed by atoms with Gasteiger partial charge in [0.25, 0.3) is 0 Å². The molecule has 0 heterocycles. The van der Waals surface area contributed by atoms with Crippen molar-refractivity contribution in [2.75, 3.05) is 7.05 Å². The van der Waals surface area contributed by atoms with Crippen molar-refractivity contribution in [3.8, 4) is 0 Å². The number of rotatable bonds is 5. The van der Waals surface area contributed by atoms with Crippen molar-refractivity contribution in [2.45, 2.75) is 52.6 Å². The molecular formula is C11H24N2O. The first-order valence-corrected chi connectivity index (χ1v) is 5.47. The van der Waals surface area contributed by atoms with E-state index in [-0.39, 0.29) is 17.9 Å². The molecule has 0 fully saturated rings. The highest BCUT2D eigenvalue weighted by molar-refractivity contribution is 5.81. The topological polar surface area (TPSA) is 46.3 Å². The molecule has 3 nitrogen and oxygen atoms in total. The molecule has 84 valence electrons. The maximum Gasteiger partial charge on any atom is 0.239 e. The Kier molecular flexibility index (Phi) is 5.77. The molecule has 0 spiro atoms. The quantitative estimate of drug-likeness (QED) is 0.733. The van der Waals surface area contributed by atoms with Crippen molar-refractivity contribution in [1.82, 2.24) is 4.90 Å². The lowest BCUT2D eigenvalue weighted by atomic mass is 10.0. The summed E-state index contributed by atoms with van der Waals surface area (Å²) in [5, 5.41) is 0. The van der Waals surface area contributed by atoms with Crippen LogP contribution in [0.2, 0.25) is 0 Å². The number of likely N-dealkylation sites (N-methyl/N-ethyl adjacent to an activating group) is 1. The Morgan fingerprint density at radius 3 is 2.00 bits per heavy atom. The summed E-state index contributed by atoms with van der Waals surface area (Å²) in [7, 11) is 1.85. The largest absolute Gasteiger partial charge is 0.341 e. The molecule has 1 atom stereocenters. The second kappa shape index (κ2) is 6.02. The van der Waals surface area contributed by atoms with Gasteiger partial charge in [-0.3, -0.25) is 4.79 Å². The lowest BCUT2D eigenvalue weighted by Gasteiger charge is -2.30. The summed E-state index contributed by atoms with van der Waals surface area (Å²) < 4.78 is 0. The predicted molar refractivity (Wildman–Crippen MR) is 60.0 cm³/mol. The second-order valence-corrected chi connectivity index (χ2v) is 4.19. The number of nitrogens with two attached hydrogens (primary N) is 1. The zero-order valence-corrected chi connectivity index (χ0v) is 10.1. The van der Waals surface area contributed by atoms with Gasteiger partial charge in [-0.1, -0.05) is 27.7 Å². The van der Waals surface area contributed by atoms with Crippen LogP contribution in [0.4, 0.5) is 0 Å². The summed E-state index contributed by atoms with van der Waals surface area (Å²) in [6.07, 6.45) is 1.98. The van der Waals surface area contributed by atoms with Gasteiger partial charge >= 0.3 is 0 Å². The van der Waals surface area contributed by atoms with Crippen LogP contribution in [0.3, 0.4) is 0 Å². The van der Waals surface area contributed by atoms with Crippen molar-refractivity contribution in [3.63, 3.8) is 0 Å². The van der Waals surface area contributed by atoms with Crippen molar-refractivity contribution >= 4 is 5.91 Å². The molecule has 0 bridgehead atoms. The van der Waals surface area contributed by atoms with E-state index in [4.69, 9.17) is 5.73 Å². The van der Waals surface area contributed by atoms with E-state index in [1.165, 1.54) is 0 Å². The average Bonchev–Trinajstić information content (AvgIpc) is 2.17. The molecule has 0 saturated carbocycles. The molecule has 2 N–H and O–H groups in total. The van der Waals surface area contributed by atoms with Crippen molar-refractivity contribution in [2.24, 2.45) is 11.7 Å². The zero-order valence-electron chi connectivity index (χ0n) is 10.1. The van der Waals surface area contributed by atoms with Crippen molar-refractivity contribution in [1.29, 1.82) is 0 Å². The van der Waals surface area contributed by atoms with E-state index >= 15 is 0 Å². The molecule has 3 heteroatoms. The smallest absolute Gasteiger partial charge is 0.239 e. The summed E-state index contributed by atoms with van der Waals surface area (Å²) in [5.41, 5.74) is 5.82. The Morgan fingerprint density at radius 2 is 1.71 bits per heavy atom. The van der Waals surface area contributed by atoms with Gasteiger partial charge < -0.3 is 10.6 Å². The van der Waals surface area contributed by atoms with E-state index in [9.17, 15) is 4.79 Å². The summed E-state index contributed by atoms with van der Waals surface area (Å²) >= 11 is 0. The molecule has 0 saturated heterocycles. The van der Waals surface area contributed by atoms with Crippen molar-refractivity contribution < 1.29 is 4.79 Å². The van der Waals surface area contributed by atoms with Crippen LogP contribution >= 0.6 is 0 Å². The molecule has 0 rings (SSSR count). The van der Waals surface area contributed by atoms with Gasteiger partial charge in [-0.05, 0) is 18.8 Å². The van der Waals surface area contributed by atoms with Crippen molar-refractivity contribution in [3.05, 3.63) is 0 Å². The van der Waals surface area contributed by atoms with E-state index in [0.29, 0.717) is 6.04 Å². The van der Waals surface area contributed by atoms with Gasteiger partial charge in [0, 0.05) is 13.1 Å². The average molecular weight is 200 g/mol. The Hall–Kier alpha value is -0.570. The minimum absolute atomic E-state index is 0.0636. The van der Waals surface area contributed by atoms with E-state index < -0.39 is 0 Å². The van der Waals surface area contributed by atoms with Crippen LogP contribution in [0.25, 0.3) is 0 Å². The molecule has 0 unspecified atom stereocenters. The van der Waals surface area contributed by atoms with Gasteiger partial charge in [0.2, 0.25) is 5.91 Å². The summed E-state index contributed by atoms with van der Waals surface area (Å²) in [4.78, 5) is 13.6. The van der Waals surface area contributed by atoms with E-state index in [1.807, 2.05) is 20.9 Å². The van der Waals surface area contributed by atoms with Gasteiger partial charge in [-0.2, -0.15) is 0 Å².